The van der Waals surface area contributed by atoms with Crippen molar-refractivity contribution in [1.82, 2.24) is 0 Å². The van der Waals surface area contributed by atoms with Crippen LogP contribution < -0.4 is 0 Å². The molecule has 1 saturated heterocycles. The summed E-state index contributed by atoms with van der Waals surface area (Å²) < 4.78 is 22.0. The predicted octanol–water partition coefficient (Wildman–Crippen LogP) is 1.86. The molecule has 17 heavy (non-hydrogen) atoms. The van der Waals surface area contributed by atoms with Gasteiger partial charge >= 0.3 is 9.28 Å². The van der Waals surface area contributed by atoms with Crippen molar-refractivity contribution in [1.29, 1.82) is 0 Å². The fourth-order valence-electron chi connectivity index (χ4n) is 1.68. The molecule has 0 spiro atoms. The van der Waals surface area contributed by atoms with Crippen molar-refractivity contribution in [3.05, 3.63) is 0 Å². The maximum absolute atomic E-state index is 5.68. The average molecular weight is 262 g/mol. The summed E-state index contributed by atoms with van der Waals surface area (Å²) in [6.07, 6.45) is 2.89. The van der Waals surface area contributed by atoms with E-state index in [4.69, 9.17) is 18.3 Å². The second kappa shape index (κ2) is 9.05. The van der Waals surface area contributed by atoms with Crippen LogP contribution in [0.15, 0.2) is 0 Å². The highest BCUT2D eigenvalue weighted by Gasteiger charge is 2.23. The summed E-state index contributed by atoms with van der Waals surface area (Å²) >= 11 is 0. The van der Waals surface area contributed by atoms with Crippen LogP contribution in [0.5, 0.6) is 0 Å². The molecule has 4 nitrogen and oxygen atoms in total. The van der Waals surface area contributed by atoms with Crippen molar-refractivity contribution >= 4 is 9.28 Å². The van der Waals surface area contributed by atoms with E-state index in [2.05, 4.69) is 6.92 Å². The maximum atomic E-state index is 5.68. The lowest BCUT2D eigenvalue weighted by Crippen LogP contribution is -2.23. The SMILES string of the molecule is CCO[SiH](CCCC(C)OCC1CO1)OCC. The molecule has 1 aliphatic rings. The van der Waals surface area contributed by atoms with Crippen molar-refractivity contribution in [3.8, 4) is 0 Å². The molecule has 1 fully saturated rings. The zero-order chi connectivity index (χ0) is 12.5. The Labute approximate surface area is 106 Å². The Morgan fingerprint density at radius 3 is 2.47 bits per heavy atom. The molecule has 2 atom stereocenters. The van der Waals surface area contributed by atoms with Crippen molar-refractivity contribution < 1.29 is 18.3 Å². The van der Waals surface area contributed by atoms with Gasteiger partial charge in [-0.1, -0.05) is 0 Å². The van der Waals surface area contributed by atoms with Crippen LogP contribution in [-0.4, -0.2) is 47.9 Å². The van der Waals surface area contributed by atoms with Gasteiger partial charge < -0.3 is 18.3 Å². The van der Waals surface area contributed by atoms with Gasteiger partial charge in [0.05, 0.1) is 19.3 Å². The van der Waals surface area contributed by atoms with Gasteiger partial charge in [-0.2, -0.15) is 0 Å². The van der Waals surface area contributed by atoms with Crippen LogP contribution >= 0.6 is 0 Å². The molecule has 1 rings (SSSR count). The van der Waals surface area contributed by atoms with Gasteiger partial charge in [0, 0.05) is 13.2 Å². The molecule has 1 aliphatic heterocycles. The van der Waals surface area contributed by atoms with Gasteiger partial charge in [0.15, 0.2) is 0 Å². The Kier molecular flexibility index (Phi) is 8.05. The Hall–Kier alpha value is 0.0569. The van der Waals surface area contributed by atoms with Crippen molar-refractivity contribution in [2.75, 3.05) is 26.4 Å². The summed E-state index contributed by atoms with van der Waals surface area (Å²) in [5, 5.41) is 0. The van der Waals surface area contributed by atoms with Gasteiger partial charge in [0.2, 0.25) is 0 Å². The van der Waals surface area contributed by atoms with E-state index in [0.29, 0.717) is 12.2 Å². The van der Waals surface area contributed by atoms with E-state index in [1.54, 1.807) is 0 Å². The zero-order valence-electron chi connectivity index (χ0n) is 11.3. The smallest absolute Gasteiger partial charge is 0.321 e. The molecule has 0 aromatic heterocycles. The largest absolute Gasteiger partial charge is 0.397 e. The molecule has 0 saturated carbocycles. The highest BCUT2D eigenvalue weighted by molar-refractivity contribution is 6.44. The van der Waals surface area contributed by atoms with E-state index in [9.17, 15) is 0 Å². The van der Waals surface area contributed by atoms with E-state index in [-0.39, 0.29) is 0 Å². The van der Waals surface area contributed by atoms with Crippen LogP contribution in [0.3, 0.4) is 0 Å². The quantitative estimate of drug-likeness (QED) is 0.421. The van der Waals surface area contributed by atoms with E-state index in [1.165, 1.54) is 0 Å². The summed E-state index contributed by atoms with van der Waals surface area (Å²) in [4.78, 5) is 0. The molecule has 0 bridgehead atoms. The average Bonchev–Trinajstić information content (AvgIpc) is 3.11. The Bertz CT molecular complexity index is 181. The molecule has 1 heterocycles. The number of hydrogen-bond acceptors (Lipinski definition) is 4. The minimum Gasteiger partial charge on any atom is -0.397 e. The lowest BCUT2D eigenvalue weighted by Gasteiger charge is -2.16. The first-order valence-corrected chi connectivity index (χ1v) is 8.48. The third kappa shape index (κ3) is 7.89. The summed E-state index contributed by atoms with van der Waals surface area (Å²) in [6, 6.07) is 1.08. The Balaban J connectivity index is 1.98. The zero-order valence-corrected chi connectivity index (χ0v) is 12.5. The summed E-state index contributed by atoms with van der Waals surface area (Å²) in [5.74, 6) is 0. The molecule has 0 radical (unpaired) electrons. The third-order valence-corrected chi connectivity index (χ3v) is 5.01. The molecule has 102 valence electrons. The maximum Gasteiger partial charge on any atom is 0.321 e. The van der Waals surface area contributed by atoms with E-state index in [0.717, 1.165) is 45.3 Å². The summed E-state index contributed by atoms with van der Waals surface area (Å²) in [5.41, 5.74) is 0. The molecule has 5 heteroatoms. The first-order chi connectivity index (χ1) is 8.26. The standard InChI is InChI=1S/C12H26O4Si/c1-4-15-17(16-5-2)8-6-7-11(3)13-9-12-10-14-12/h11-12,17H,4-10H2,1-3H3. The van der Waals surface area contributed by atoms with Crippen LogP contribution in [-0.2, 0) is 18.3 Å². The molecule has 0 aromatic carbocycles. The number of ether oxygens (including phenoxy) is 2. The fraction of sp³-hybridized carbons (Fsp3) is 1.00. The third-order valence-electron chi connectivity index (χ3n) is 2.72. The molecule has 2 unspecified atom stereocenters. The van der Waals surface area contributed by atoms with E-state index in [1.807, 2.05) is 13.8 Å². The topological polar surface area (TPSA) is 40.2 Å². The Morgan fingerprint density at radius 1 is 1.29 bits per heavy atom. The fourth-order valence-corrected chi connectivity index (χ4v) is 3.42. The molecule has 0 aromatic rings. The highest BCUT2D eigenvalue weighted by Crippen LogP contribution is 2.13. The number of epoxide rings is 1. The minimum absolute atomic E-state index is 0.317. The molecule has 0 amide bonds. The van der Waals surface area contributed by atoms with E-state index < -0.39 is 9.28 Å². The highest BCUT2D eigenvalue weighted by atomic mass is 28.3. The summed E-state index contributed by atoms with van der Waals surface area (Å²) in [6.45, 7) is 9.33. The van der Waals surface area contributed by atoms with Gasteiger partial charge in [0.1, 0.15) is 6.10 Å². The molecular formula is C12H26O4Si. The van der Waals surface area contributed by atoms with Crippen molar-refractivity contribution in [2.45, 2.75) is 51.9 Å². The molecular weight excluding hydrogens is 236 g/mol. The first-order valence-electron chi connectivity index (χ1n) is 6.72. The van der Waals surface area contributed by atoms with Gasteiger partial charge in [-0.3, -0.25) is 0 Å². The van der Waals surface area contributed by atoms with E-state index >= 15 is 0 Å². The van der Waals surface area contributed by atoms with Crippen LogP contribution in [0.4, 0.5) is 0 Å². The van der Waals surface area contributed by atoms with Gasteiger partial charge in [-0.15, -0.1) is 0 Å². The van der Waals surface area contributed by atoms with Crippen molar-refractivity contribution in [2.24, 2.45) is 0 Å². The number of hydrogen-bond donors (Lipinski definition) is 0. The van der Waals surface area contributed by atoms with Gasteiger partial charge in [-0.25, -0.2) is 0 Å². The van der Waals surface area contributed by atoms with Crippen molar-refractivity contribution in [3.63, 3.8) is 0 Å². The lowest BCUT2D eigenvalue weighted by atomic mass is 10.2. The number of rotatable bonds is 11. The molecule has 0 N–H and O–H groups in total. The van der Waals surface area contributed by atoms with Gasteiger partial charge in [-0.05, 0) is 39.7 Å². The normalized spacial score (nSPS) is 20.8. The van der Waals surface area contributed by atoms with Crippen LogP contribution in [0.25, 0.3) is 0 Å². The minimum atomic E-state index is -1.40. The molecule has 0 aliphatic carbocycles. The van der Waals surface area contributed by atoms with Gasteiger partial charge in [0.25, 0.3) is 0 Å². The second-order valence-corrected chi connectivity index (χ2v) is 6.47. The first kappa shape index (κ1) is 15.1. The van der Waals surface area contributed by atoms with Crippen LogP contribution in [0.1, 0.15) is 33.6 Å². The van der Waals surface area contributed by atoms with Crippen LogP contribution in [0, 0.1) is 0 Å². The predicted molar refractivity (Wildman–Crippen MR) is 69.6 cm³/mol. The van der Waals surface area contributed by atoms with Crippen LogP contribution in [0.2, 0.25) is 6.04 Å². The Morgan fingerprint density at radius 2 is 1.94 bits per heavy atom. The second-order valence-electron chi connectivity index (χ2n) is 4.37. The lowest BCUT2D eigenvalue weighted by molar-refractivity contribution is 0.0484. The summed E-state index contributed by atoms with van der Waals surface area (Å²) in [7, 11) is -1.40. The monoisotopic (exact) mass is 262 g/mol.